The average molecular weight is 163 g/mol. The minimum atomic E-state index is 1.04. The molecule has 0 aliphatic carbocycles. The van der Waals surface area contributed by atoms with Crippen molar-refractivity contribution in [1.29, 1.82) is 0 Å². The monoisotopic (exact) mass is 163 g/mol. The summed E-state index contributed by atoms with van der Waals surface area (Å²) in [6, 6.07) is 0. The standard InChI is InChI=1S/C8H11N4/c1-2-11-3-4-12-6-9-5-7(10-1)8(11)12/h5-6,10H,1-4H2/q+1. The lowest BCUT2D eigenvalue weighted by atomic mass is 10.3. The first kappa shape index (κ1) is 6.22. The van der Waals surface area contributed by atoms with Gasteiger partial charge in [0.15, 0.2) is 0 Å². The van der Waals surface area contributed by atoms with Crippen LogP contribution >= 0.6 is 0 Å². The molecule has 0 bridgehead atoms. The Morgan fingerprint density at radius 1 is 1.50 bits per heavy atom. The van der Waals surface area contributed by atoms with Crippen LogP contribution in [0, 0.1) is 0 Å². The lowest BCUT2D eigenvalue weighted by Gasteiger charge is -2.20. The number of hydrogen-bond donors (Lipinski definition) is 1. The zero-order valence-corrected chi connectivity index (χ0v) is 6.82. The molecule has 0 saturated carbocycles. The molecule has 1 aromatic rings. The minimum absolute atomic E-state index is 1.04. The van der Waals surface area contributed by atoms with Crippen molar-refractivity contribution in [2.75, 3.05) is 29.9 Å². The van der Waals surface area contributed by atoms with Gasteiger partial charge in [0.25, 0.3) is 5.82 Å². The largest absolute Gasteiger partial charge is 0.374 e. The molecule has 62 valence electrons. The van der Waals surface area contributed by atoms with Crippen LogP contribution in [0.15, 0.2) is 12.5 Å². The number of hydrogen-bond acceptors (Lipinski definition) is 3. The number of nitrogens with one attached hydrogen (secondary N) is 1. The van der Waals surface area contributed by atoms with Gasteiger partial charge in [0.2, 0.25) is 6.33 Å². The third-order valence-corrected chi connectivity index (χ3v) is 2.53. The molecule has 0 spiro atoms. The summed E-state index contributed by atoms with van der Waals surface area (Å²) < 4.78 is 2.21. The van der Waals surface area contributed by atoms with Crippen molar-refractivity contribution in [2.45, 2.75) is 6.54 Å². The van der Waals surface area contributed by atoms with Crippen molar-refractivity contribution >= 4 is 11.5 Å². The lowest BCUT2D eigenvalue weighted by Crippen LogP contribution is -2.36. The second-order valence-corrected chi connectivity index (χ2v) is 3.24. The fourth-order valence-corrected chi connectivity index (χ4v) is 1.97. The Hall–Kier alpha value is -1.32. The van der Waals surface area contributed by atoms with Gasteiger partial charge in [0, 0.05) is 6.54 Å². The molecule has 0 radical (unpaired) electrons. The fourth-order valence-electron chi connectivity index (χ4n) is 1.97. The first-order valence-corrected chi connectivity index (χ1v) is 4.31. The van der Waals surface area contributed by atoms with Crippen LogP contribution in [-0.2, 0) is 6.54 Å². The van der Waals surface area contributed by atoms with Gasteiger partial charge < -0.3 is 5.32 Å². The molecule has 1 aromatic heterocycles. The summed E-state index contributed by atoms with van der Waals surface area (Å²) in [5.74, 6) is 1.32. The Kier molecular flexibility index (Phi) is 1.08. The van der Waals surface area contributed by atoms with Gasteiger partial charge >= 0.3 is 0 Å². The summed E-state index contributed by atoms with van der Waals surface area (Å²) >= 11 is 0. The minimum Gasteiger partial charge on any atom is -0.374 e. The summed E-state index contributed by atoms with van der Waals surface area (Å²) in [4.78, 5) is 6.58. The molecule has 2 aliphatic heterocycles. The molecule has 12 heavy (non-hydrogen) atoms. The van der Waals surface area contributed by atoms with Crippen LogP contribution in [0.4, 0.5) is 11.5 Å². The van der Waals surface area contributed by atoms with E-state index in [2.05, 4.69) is 19.8 Å². The molecule has 0 fully saturated rings. The summed E-state index contributed by atoms with van der Waals surface area (Å²) in [5, 5.41) is 3.35. The zero-order chi connectivity index (χ0) is 7.97. The van der Waals surface area contributed by atoms with Crippen molar-refractivity contribution in [2.24, 2.45) is 0 Å². The van der Waals surface area contributed by atoms with E-state index >= 15 is 0 Å². The van der Waals surface area contributed by atoms with E-state index in [-0.39, 0.29) is 0 Å². The lowest BCUT2D eigenvalue weighted by molar-refractivity contribution is -0.673. The second-order valence-electron chi connectivity index (χ2n) is 3.24. The predicted octanol–water partition coefficient (Wildman–Crippen LogP) is -0.385. The number of nitrogens with zero attached hydrogens (tertiary/aromatic N) is 3. The number of rotatable bonds is 0. The molecule has 4 heteroatoms. The summed E-state index contributed by atoms with van der Waals surface area (Å²) in [6.07, 6.45) is 3.81. The molecular weight excluding hydrogens is 152 g/mol. The molecule has 0 atom stereocenters. The fraction of sp³-hybridized carbons (Fsp3) is 0.500. The molecule has 0 amide bonds. The Morgan fingerprint density at radius 2 is 2.50 bits per heavy atom. The van der Waals surface area contributed by atoms with Crippen LogP contribution in [0.25, 0.3) is 0 Å². The Balaban J connectivity index is 2.23. The quantitative estimate of drug-likeness (QED) is 0.529. The van der Waals surface area contributed by atoms with Crippen molar-refractivity contribution in [3.63, 3.8) is 0 Å². The maximum atomic E-state index is 4.17. The van der Waals surface area contributed by atoms with Crippen LogP contribution in [0.2, 0.25) is 0 Å². The molecule has 2 aliphatic rings. The molecule has 0 saturated heterocycles. The highest BCUT2D eigenvalue weighted by atomic mass is 15.3. The Morgan fingerprint density at radius 3 is 3.50 bits per heavy atom. The van der Waals surface area contributed by atoms with Crippen LogP contribution < -0.4 is 14.8 Å². The van der Waals surface area contributed by atoms with Gasteiger partial charge in [0.1, 0.15) is 18.4 Å². The van der Waals surface area contributed by atoms with E-state index in [0.717, 1.165) is 26.2 Å². The van der Waals surface area contributed by atoms with Crippen LogP contribution in [0.3, 0.4) is 0 Å². The second kappa shape index (κ2) is 2.09. The van der Waals surface area contributed by atoms with E-state index in [9.17, 15) is 0 Å². The highest BCUT2D eigenvalue weighted by Crippen LogP contribution is 2.25. The highest BCUT2D eigenvalue weighted by molar-refractivity contribution is 5.64. The van der Waals surface area contributed by atoms with Gasteiger partial charge in [-0.05, 0) is 0 Å². The highest BCUT2D eigenvalue weighted by Gasteiger charge is 2.31. The zero-order valence-electron chi connectivity index (χ0n) is 6.82. The van der Waals surface area contributed by atoms with Crippen molar-refractivity contribution < 1.29 is 4.57 Å². The molecule has 3 rings (SSSR count). The molecule has 4 nitrogen and oxygen atoms in total. The van der Waals surface area contributed by atoms with Crippen LogP contribution in [0.5, 0.6) is 0 Å². The van der Waals surface area contributed by atoms with E-state index in [1.165, 1.54) is 11.5 Å². The number of aromatic nitrogens is 2. The molecular formula is C8H11N4+. The first-order chi connectivity index (χ1) is 5.95. The Bertz CT molecular complexity index is 323. The van der Waals surface area contributed by atoms with Gasteiger partial charge in [-0.2, -0.15) is 0 Å². The van der Waals surface area contributed by atoms with Gasteiger partial charge in [-0.25, -0.2) is 4.57 Å². The van der Waals surface area contributed by atoms with E-state index in [1.54, 1.807) is 0 Å². The topological polar surface area (TPSA) is 32.0 Å². The summed E-state index contributed by atoms with van der Waals surface area (Å²) in [7, 11) is 0. The average Bonchev–Trinajstić information content (AvgIpc) is 2.52. The SMILES string of the molecule is c1nc[n+]2c3c1NCCN3CC2. The van der Waals surface area contributed by atoms with Crippen LogP contribution in [-0.4, -0.2) is 24.6 Å². The van der Waals surface area contributed by atoms with E-state index in [0.29, 0.717) is 0 Å². The van der Waals surface area contributed by atoms with Gasteiger partial charge in [0.05, 0.1) is 13.1 Å². The van der Waals surface area contributed by atoms with E-state index in [1.807, 2.05) is 12.5 Å². The molecule has 3 heterocycles. The molecule has 0 aromatic carbocycles. The predicted molar refractivity (Wildman–Crippen MR) is 45.1 cm³/mol. The maximum Gasteiger partial charge on any atom is 0.250 e. The van der Waals surface area contributed by atoms with E-state index < -0.39 is 0 Å². The van der Waals surface area contributed by atoms with E-state index in [4.69, 9.17) is 0 Å². The third-order valence-electron chi connectivity index (χ3n) is 2.53. The molecule has 0 unspecified atom stereocenters. The first-order valence-electron chi connectivity index (χ1n) is 4.31. The smallest absolute Gasteiger partial charge is 0.250 e. The summed E-state index contributed by atoms with van der Waals surface area (Å²) in [6.45, 7) is 4.38. The Labute approximate surface area is 70.8 Å². The van der Waals surface area contributed by atoms with Gasteiger partial charge in [-0.3, -0.25) is 4.90 Å². The summed E-state index contributed by atoms with van der Waals surface area (Å²) in [5.41, 5.74) is 1.18. The van der Waals surface area contributed by atoms with Crippen LogP contribution in [0.1, 0.15) is 0 Å². The van der Waals surface area contributed by atoms with Crippen molar-refractivity contribution in [3.8, 4) is 0 Å². The van der Waals surface area contributed by atoms with Gasteiger partial charge in [-0.1, -0.05) is 0 Å². The van der Waals surface area contributed by atoms with Gasteiger partial charge in [-0.15, -0.1) is 4.98 Å². The van der Waals surface area contributed by atoms with Crippen molar-refractivity contribution in [1.82, 2.24) is 4.98 Å². The third kappa shape index (κ3) is 0.668. The number of anilines is 2. The molecule has 1 N–H and O–H groups in total. The normalized spacial score (nSPS) is 18.8. The van der Waals surface area contributed by atoms with Crippen molar-refractivity contribution in [3.05, 3.63) is 12.5 Å². The maximum absolute atomic E-state index is 4.17.